The van der Waals surface area contributed by atoms with Crippen LogP contribution in [-0.4, -0.2) is 21.8 Å². The van der Waals surface area contributed by atoms with E-state index in [1.165, 1.54) is 13.3 Å². The first-order chi connectivity index (χ1) is 13.4. The standard InChI is InChI=1S/C20H18ClN5O2/c1-12-6-7-14(21)8-17(12)26-20(28)18-10-19(23-11-22-18)25-16-5-3-4-15(9-16)24-13(2)27/h3-11H,1-2H3,(H,24,27)(H,26,28)(H,22,23,25). The van der Waals surface area contributed by atoms with Gasteiger partial charge in [-0.2, -0.15) is 0 Å². The molecule has 7 nitrogen and oxygen atoms in total. The van der Waals surface area contributed by atoms with Gasteiger partial charge < -0.3 is 16.0 Å². The molecule has 0 unspecified atom stereocenters. The van der Waals surface area contributed by atoms with E-state index in [-0.39, 0.29) is 17.5 Å². The van der Waals surface area contributed by atoms with Gasteiger partial charge in [0.25, 0.3) is 5.91 Å². The highest BCUT2D eigenvalue weighted by atomic mass is 35.5. The Balaban J connectivity index is 1.76. The number of benzene rings is 2. The molecule has 0 saturated heterocycles. The number of nitrogens with zero attached hydrogens (tertiary/aromatic N) is 2. The molecule has 0 aliphatic heterocycles. The van der Waals surface area contributed by atoms with Crippen LogP contribution in [0, 0.1) is 6.92 Å². The van der Waals surface area contributed by atoms with Gasteiger partial charge in [0.1, 0.15) is 17.8 Å². The molecule has 28 heavy (non-hydrogen) atoms. The number of anilines is 4. The van der Waals surface area contributed by atoms with Gasteiger partial charge in [0.15, 0.2) is 0 Å². The molecule has 0 saturated carbocycles. The molecule has 0 spiro atoms. The summed E-state index contributed by atoms with van der Waals surface area (Å²) in [5.41, 5.74) is 3.08. The maximum Gasteiger partial charge on any atom is 0.274 e. The van der Waals surface area contributed by atoms with E-state index in [2.05, 4.69) is 25.9 Å². The highest BCUT2D eigenvalue weighted by molar-refractivity contribution is 6.31. The molecule has 3 N–H and O–H groups in total. The molecule has 0 aliphatic rings. The molecule has 3 rings (SSSR count). The van der Waals surface area contributed by atoms with Gasteiger partial charge >= 0.3 is 0 Å². The van der Waals surface area contributed by atoms with E-state index >= 15 is 0 Å². The molecule has 0 fully saturated rings. The van der Waals surface area contributed by atoms with Crippen molar-refractivity contribution in [3.8, 4) is 0 Å². The Morgan fingerprint density at radius 3 is 2.54 bits per heavy atom. The van der Waals surface area contributed by atoms with Gasteiger partial charge in [-0.3, -0.25) is 9.59 Å². The maximum absolute atomic E-state index is 12.5. The number of carbonyl (C=O) groups excluding carboxylic acids is 2. The fourth-order valence-electron chi connectivity index (χ4n) is 2.49. The molecule has 2 amide bonds. The van der Waals surface area contributed by atoms with Crippen molar-refractivity contribution in [3.05, 3.63) is 71.1 Å². The normalized spacial score (nSPS) is 10.2. The first-order valence-corrected chi connectivity index (χ1v) is 8.83. The second-order valence-electron chi connectivity index (χ2n) is 6.09. The van der Waals surface area contributed by atoms with Crippen LogP contribution in [-0.2, 0) is 4.79 Å². The average molecular weight is 396 g/mol. The van der Waals surface area contributed by atoms with E-state index in [9.17, 15) is 9.59 Å². The summed E-state index contributed by atoms with van der Waals surface area (Å²) in [6.45, 7) is 3.32. The van der Waals surface area contributed by atoms with Gasteiger partial charge in [-0.1, -0.05) is 23.7 Å². The fourth-order valence-corrected chi connectivity index (χ4v) is 2.66. The van der Waals surface area contributed by atoms with Crippen molar-refractivity contribution in [3.63, 3.8) is 0 Å². The molecule has 0 atom stereocenters. The van der Waals surface area contributed by atoms with Crippen LogP contribution >= 0.6 is 11.6 Å². The van der Waals surface area contributed by atoms with Crippen LogP contribution in [0.3, 0.4) is 0 Å². The van der Waals surface area contributed by atoms with Crippen LogP contribution in [0.15, 0.2) is 54.9 Å². The summed E-state index contributed by atoms with van der Waals surface area (Å²) < 4.78 is 0. The molecule has 0 radical (unpaired) electrons. The lowest BCUT2D eigenvalue weighted by atomic mass is 10.2. The first-order valence-electron chi connectivity index (χ1n) is 8.45. The molecule has 0 aliphatic carbocycles. The van der Waals surface area contributed by atoms with E-state index < -0.39 is 0 Å². The lowest BCUT2D eigenvalue weighted by molar-refractivity contribution is -0.114. The molecular weight excluding hydrogens is 378 g/mol. The summed E-state index contributed by atoms with van der Waals surface area (Å²) in [5.74, 6) is -0.0831. The van der Waals surface area contributed by atoms with Crippen molar-refractivity contribution in [1.82, 2.24) is 9.97 Å². The highest BCUT2D eigenvalue weighted by Crippen LogP contribution is 2.22. The van der Waals surface area contributed by atoms with E-state index in [1.807, 2.05) is 19.1 Å². The van der Waals surface area contributed by atoms with Gasteiger partial charge in [0.05, 0.1) is 0 Å². The lowest BCUT2D eigenvalue weighted by Gasteiger charge is -2.10. The Morgan fingerprint density at radius 2 is 1.75 bits per heavy atom. The van der Waals surface area contributed by atoms with Crippen LogP contribution in [0.1, 0.15) is 23.0 Å². The SMILES string of the molecule is CC(=O)Nc1cccc(Nc2cc(C(=O)Nc3cc(Cl)ccc3C)ncn2)c1. The topological polar surface area (TPSA) is 96.0 Å². The fraction of sp³-hybridized carbons (Fsp3) is 0.100. The van der Waals surface area contributed by atoms with Gasteiger partial charge in [-0.25, -0.2) is 9.97 Å². The van der Waals surface area contributed by atoms with Crippen molar-refractivity contribution in [2.45, 2.75) is 13.8 Å². The van der Waals surface area contributed by atoms with Crippen LogP contribution in [0.2, 0.25) is 5.02 Å². The number of hydrogen-bond donors (Lipinski definition) is 3. The monoisotopic (exact) mass is 395 g/mol. The average Bonchev–Trinajstić information content (AvgIpc) is 2.64. The largest absolute Gasteiger partial charge is 0.340 e. The van der Waals surface area contributed by atoms with Crippen molar-refractivity contribution in [2.24, 2.45) is 0 Å². The molecule has 2 aromatic carbocycles. The number of hydrogen-bond acceptors (Lipinski definition) is 5. The molecule has 1 heterocycles. The first kappa shape index (κ1) is 19.3. The van der Waals surface area contributed by atoms with Crippen molar-refractivity contribution < 1.29 is 9.59 Å². The van der Waals surface area contributed by atoms with E-state index in [1.54, 1.807) is 36.4 Å². The van der Waals surface area contributed by atoms with Crippen LogP contribution in [0.5, 0.6) is 0 Å². The third-order valence-electron chi connectivity index (χ3n) is 3.80. The Hall–Kier alpha value is -3.45. The van der Waals surface area contributed by atoms with Crippen LogP contribution < -0.4 is 16.0 Å². The highest BCUT2D eigenvalue weighted by Gasteiger charge is 2.11. The minimum atomic E-state index is -0.372. The van der Waals surface area contributed by atoms with Gasteiger partial charge in [0, 0.05) is 35.1 Å². The van der Waals surface area contributed by atoms with E-state index in [0.29, 0.717) is 27.9 Å². The lowest BCUT2D eigenvalue weighted by Crippen LogP contribution is -2.15. The van der Waals surface area contributed by atoms with Crippen molar-refractivity contribution in [2.75, 3.05) is 16.0 Å². The number of aromatic nitrogens is 2. The number of halogens is 1. The molecule has 142 valence electrons. The number of amides is 2. The second-order valence-corrected chi connectivity index (χ2v) is 6.53. The summed E-state index contributed by atoms with van der Waals surface area (Å²) in [6.07, 6.45) is 1.31. The molecule has 8 heteroatoms. The van der Waals surface area contributed by atoms with E-state index in [4.69, 9.17) is 11.6 Å². The third-order valence-corrected chi connectivity index (χ3v) is 4.04. The minimum absolute atomic E-state index is 0.158. The third kappa shape index (κ3) is 5.05. The van der Waals surface area contributed by atoms with Crippen LogP contribution in [0.4, 0.5) is 22.9 Å². The van der Waals surface area contributed by atoms with Gasteiger partial charge in [-0.05, 0) is 42.8 Å². The zero-order chi connectivity index (χ0) is 20.1. The van der Waals surface area contributed by atoms with Crippen molar-refractivity contribution >= 4 is 46.3 Å². The Bertz CT molecular complexity index is 1040. The van der Waals surface area contributed by atoms with Crippen LogP contribution in [0.25, 0.3) is 0 Å². The number of nitrogens with one attached hydrogen (secondary N) is 3. The number of carbonyl (C=O) groups is 2. The molecular formula is C20H18ClN5O2. The Labute approximate surface area is 167 Å². The predicted molar refractivity (Wildman–Crippen MR) is 110 cm³/mol. The summed E-state index contributed by atoms with van der Waals surface area (Å²) in [4.78, 5) is 31.9. The summed E-state index contributed by atoms with van der Waals surface area (Å²) >= 11 is 5.99. The molecule has 3 aromatic rings. The molecule has 1 aromatic heterocycles. The summed E-state index contributed by atoms with van der Waals surface area (Å²) in [5, 5.41) is 9.14. The minimum Gasteiger partial charge on any atom is -0.340 e. The van der Waals surface area contributed by atoms with Gasteiger partial charge in [-0.15, -0.1) is 0 Å². The zero-order valence-corrected chi connectivity index (χ0v) is 16.0. The smallest absolute Gasteiger partial charge is 0.274 e. The quantitative estimate of drug-likeness (QED) is 0.595. The Morgan fingerprint density at radius 1 is 0.964 bits per heavy atom. The number of aryl methyl sites for hydroxylation is 1. The maximum atomic E-state index is 12.5. The Kier molecular flexibility index (Phi) is 5.86. The summed E-state index contributed by atoms with van der Waals surface area (Å²) in [6, 6.07) is 14.0. The summed E-state index contributed by atoms with van der Waals surface area (Å²) in [7, 11) is 0. The molecule has 0 bridgehead atoms. The van der Waals surface area contributed by atoms with E-state index in [0.717, 1.165) is 5.56 Å². The number of rotatable bonds is 5. The van der Waals surface area contributed by atoms with Crippen molar-refractivity contribution in [1.29, 1.82) is 0 Å². The van der Waals surface area contributed by atoms with Gasteiger partial charge in [0.2, 0.25) is 5.91 Å². The predicted octanol–water partition coefficient (Wildman–Crippen LogP) is 4.39. The second kappa shape index (κ2) is 8.49. The zero-order valence-electron chi connectivity index (χ0n) is 15.3.